The van der Waals surface area contributed by atoms with Gasteiger partial charge in [0.1, 0.15) is 6.04 Å². The molecule has 2 rings (SSSR count). The minimum Gasteiger partial charge on any atom is -0.479 e. The fraction of sp³-hybridized carbons (Fsp3) is 0.667. The van der Waals surface area contributed by atoms with Crippen molar-refractivity contribution in [3.8, 4) is 0 Å². The molecule has 2 fully saturated rings. The number of carbonyl (C=O) groups excluding carboxylic acids is 2. The second-order valence-corrected chi connectivity index (χ2v) is 6.55. The fourth-order valence-electron chi connectivity index (χ4n) is 2.62. The molecule has 3 atom stereocenters. The van der Waals surface area contributed by atoms with Gasteiger partial charge in [-0.3, -0.25) is 9.59 Å². The first-order valence-electron chi connectivity index (χ1n) is 5.51. The van der Waals surface area contributed by atoms with E-state index in [1.165, 1.54) is 0 Å². The molecule has 3 unspecified atom stereocenters. The molecule has 0 radical (unpaired) electrons. The number of sulfonamides is 1. The Hall–Kier alpha value is -1.69. The Kier molecular flexibility index (Phi) is 3.29. The average molecular weight is 330 g/mol. The topological polar surface area (TPSA) is 112 Å². The molecule has 0 saturated carbocycles. The zero-order chi connectivity index (χ0) is 16.3. The van der Waals surface area contributed by atoms with E-state index in [1.54, 1.807) is 0 Å². The van der Waals surface area contributed by atoms with Crippen LogP contribution in [0, 0.1) is 0 Å². The van der Waals surface area contributed by atoms with Crippen molar-refractivity contribution in [3.63, 3.8) is 0 Å². The molecule has 0 spiro atoms. The third-order valence-corrected chi connectivity index (χ3v) is 4.47. The minimum atomic E-state index is -5.34. The third-order valence-electron chi connectivity index (χ3n) is 3.32. The van der Waals surface area contributed by atoms with Crippen LogP contribution in [0.3, 0.4) is 0 Å². The van der Waals surface area contributed by atoms with Gasteiger partial charge < -0.3 is 10.0 Å². The lowest BCUT2D eigenvalue weighted by Gasteiger charge is -2.47. The number of aliphatic carboxylic acids is 1. The van der Waals surface area contributed by atoms with E-state index >= 15 is 0 Å². The molecule has 0 aliphatic carbocycles. The van der Waals surface area contributed by atoms with Gasteiger partial charge in [-0.25, -0.2) is 13.2 Å². The summed E-state index contributed by atoms with van der Waals surface area (Å²) in [5.41, 5.74) is 0. The van der Waals surface area contributed by atoms with Crippen molar-refractivity contribution in [2.75, 3.05) is 6.26 Å². The Bertz CT molecular complexity index is 630. The van der Waals surface area contributed by atoms with E-state index in [-0.39, 0.29) is 6.26 Å². The van der Waals surface area contributed by atoms with E-state index in [4.69, 9.17) is 5.11 Å². The van der Waals surface area contributed by atoms with Crippen molar-refractivity contribution in [2.45, 2.75) is 30.8 Å². The predicted octanol–water partition coefficient (Wildman–Crippen LogP) is -1.23. The summed E-state index contributed by atoms with van der Waals surface area (Å²) in [6, 6.07) is -5.40. The van der Waals surface area contributed by atoms with Crippen LogP contribution >= 0.6 is 0 Å². The van der Waals surface area contributed by atoms with Crippen molar-refractivity contribution >= 4 is 27.7 Å². The smallest absolute Gasteiger partial charge is 0.474 e. The first kappa shape index (κ1) is 15.7. The van der Waals surface area contributed by atoms with Gasteiger partial charge in [-0.15, -0.1) is 0 Å². The number of alkyl halides is 3. The number of carboxylic acids is 1. The van der Waals surface area contributed by atoms with Gasteiger partial charge in [0, 0.05) is 6.42 Å². The summed E-state index contributed by atoms with van der Waals surface area (Å²) in [6.45, 7) is 0. The highest BCUT2D eigenvalue weighted by Crippen LogP contribution is 2.41. The lowest BCUT2D eigenvalue weighted by Crippen LogP contribution is -2.73. The monoisotopic (exact) mass is 330 g/mol. The lowest BCUT2D eigenvalue weighted by atomic mass is 9.96. The number of carboxylic acid groups (broad SMARTS) is 1. The number of amides is 1. The van der Waals surface area contributed by atoms with Crippen LogP contribution in [-0.4, -0.2) is 71.1 Å². The van der Waals surface area contributed by atoms with E-state index in [0.717, 1.165) is 0 Å². The number of hydrogen-bond acceptors (Lipinski definition) is 5. The standard InChI is InChI=1S/C9H9F3N2O6S/c1-21(19,20)14(9(10,11)12)5-3-2-4(15)6(8(17)18)13(3)7(5)16/h3,5-6H,2H2,1H3,(H,17,18). The quantitative estimate of drug-likeness (QED) is 0.394. The van der Waals surface area contributed by atoms with Crippen LogP contribution in [0.15, 0.2) is 0 Å². The third kappa shape index (κ3) is 2.27. The predicted molar refractivity (Wildman–Crippen MR) is 58.2 cm³/mol. The number of β-lactam (4-membered cyclic amide) rings is 1. The maximum Gasteiger partial charge on any atom is 0.474 e. The normalized spacial score (nSPS) is 29.6. The molecule has 0 aromatic rings. The summed E-state index contributed by atoms with van der Waals surface area (Å²) >= 11 is 0. The minimum absolute atomic E-state index is 0.280. The molecule has 2 heterocycles. The zero-order valence-corrected chi connectivity index (χ0v) is 11.2. The average Bonchev–Trinajstić information content (AvgIpc) is 2.56. The van der Waals surface area contributed by atoms with Gasteiger partial charge in [-0.1, -0.05) is 4.31 Å². The van der Waals surface area contributed by atoms with Crippen molar-refractivity contribution in [1.82, 2.24) is 9.21 Å². The second kappa shape index (κ2) is 4.40. The first-order valence-corrected chi connectivity index (χ1v) is 7.36. The number of Topliss-reactive ketones (excluding diaryl/α,β-unsaturated/α-hetero) is 1. The maximum absolute atomic E-state index is 12.8. The summed E-state index contributed by atoms with van der Waals surface area (Å²) < 4.78 is 60.2. The molecule has 0 aromatic carbocycles. The number of fused-ring (bicyclic) bond motifs is 1. The molecule has 8 nitrogen and oxygen atoms in total. The molecule has 2 aliphatic heterocycles. The molecule has 2 saturated heterocycles. The SMILES string of the molecule is CS(=O)(=O)N(C1C(=O)N2C(C(=O)O)C(=O)CC12)C(F)(F)F. The molecule has 118 valence electrons. The Labute approximate surface area is 116 Å². The van der Waals surface area contributed by atoms with Gasteiger partial charge >= 0.3 is 12.3 Å². The molecule has 1 N–H and O–H groups in total. The highest BCUT2D eigenvalue weighted by Gasteiger charge is 2.67. The number of hydrogen-bond donors (Lipinski definition) is 1. The van der Waals surface area contributed by atoms with Crippen LogP contribution in [0.1, 0.15) is 6.42 Å². The molecule has 0 aromatic heterocycles. The molecule has 21 heavy (non-hydrogen) atoms. The van der Waals surface area contributed by atoms with E-state index < -0.39 is 62.8 Å². The highest BCUT2D eigenvalue weighted by atomic mass is 32.2. The van der Waals surface area contributed by atoms with Crippen LogP contribution in [0.2, 0.25) is 0 Å². The van der Waals surface area contributed by atoms with Crippen LogP contribution < -0.4 is 0 Å². The van der Waals surface area contributed by atoms with Crippen LogP contribution in [-0.2, 0) is 24.4 Å². The molecule has 1 amide bonds. The Morgan fingerprint density at radius 1 is 1.38 bits per heavy atom. The van der Waals surface area contributed by atoms with Crippen molar-refractivity contribution < 1.29 is 41.1 Å². The molecule has 12 heteroatoms. The van der Waals surface area contributed by atoms with Gasteiger partial charge in [0.05, 0.1) is 12.3 Å². The van der Waals surface area contributed by atoms with Crippen LogP contribution in [0.4, 0.5) is 13.2 Å². The number of halogens is 3. The van der Waals surface area contributed by atoms with Crippen molar-refractivity contribution in [1.29, 1.82) is 0 Å². The second-order valence-electron chi connectivity index (χ2n) is 4.70. The zero-order valence-electron chi connectivity index (χ0n) is 10.4. The number of carbonyl (C=O) groups is 3. The Balaban J connectivity index is 2.39. The summed E-state index contributed by atoms with van der Waals surface area (Å²) in [7, 11) is -4.81. The van der Waals surface area contributed by atoms with Crippen molar-refractivity contribution in [3.05, 3.63) is 0 Å². The summed E-state index contributed by atoms with van der Waals surface area (Å²) in [6.07, 6.45) is -5.69. The van der Waals surface area contributed by atoms with Crippen molar-refractivity contribution in [2.24, 2.45) is 0 Å². The molecular weight excluding hydrogens is 321 g/mol. The van der Waals surface area contributed by atoms with E-state index in [0.29, 0.717) is 4.90 Å². The van der Waals surface area contributed by atoms with Gasteiger partial charge in [0.15, 0.2) is 11.8 Å². The largest absolute Gasteiger partial charge is 0.479 e. The van der Waals surface area contributed by atoms with E-state index in [1.807, 2.05) is 0 Å². The van der Waals surface area contributed by atoms with Gasteiger partial charge in [-0.2, -0.15) is 13.2 Å². The van der Waals surface area contributed by atoms with E-state index in [2.05, 4.69) is 0 Å². The summed E-state index contributed by atoms with van der Waals surface area (Å²) in [4.78, 5) is 34.5. The van der Waals surface area contributed by atoms with Crippen LogP contribution in [0.5, 0.6) is 0 Å². The first-order chi connectivity index (χ1) is 9.37. The maximum atomic E-state index is 12.8. The Morgan fingerprint density at radius 2 is 1.90 bits per heavy atom. The van der Waals surface area contributed by atoms with Crippen LogP contribution in [0.25, 0.3) is 0 Å². The van der Waals surface area contributed by atoms with Gasteiger partial charge in [0.25, 0.3) is 0 Å². The van der Waals surface area contributed by atoms with Gasteiger partial charge in [0.2, 0.25) is 15.9 Å². The summed E-state index contributed by atoms with van der Waals surface area (Å²) in [5, 5.41) is 8.80. The van der Waals surface area contributed by atoms with E-state index in [9.17, 15) is 36.0 Å². The number of rotatable bonds is 3. The highest BCUT2D eigenvalue weighted by molar-refractivity contribution is 7.88. The fourth-order valence-corrected chi connectivity index (χ4v) is 3.64. The molecular formula is C9H9F3N2O6S. The van der Waals surface area contributed by atoms with Gasteiger partial charge in [-0.05, 0) is 0 Å². The number of nitrogens with zero attached hydrogens (tertiary/aromatic N) is 2. The molecule has 2 aliphatic rings. The summed E-state index contributed by atoms with van der Waals surface area (Å²) in [5.74, 6) is -3.94. The Morgan fingerprint density at radius 3 is 2.29 bits per heavy atom. The molecule has 0 bridgehead atoms. The lowest BCUT2D eigenvalue weighted by molar-refractivity contribution is -0.237. The number of ketones is 1.